The number of hydrogen-bond acceptors (Lipinski definition) is 1. The molecule has 1 atom stereocenters. The molecule has 0 heterocycles. The largest absolute Gasteiger partial charge is 0.318 e. The zero-order valence-corrected chi connectivity index (χ0v) is 8.52. The molecule has 0 spiro atoms. The summed E-state index contributed by atoms with van der Waals surface area (Å²) in [4.78, 5) is 0. The highest BCUT2D eigenvalue weighted by Gasteiger charge is 1.94. The van der Waals surface area contributed by atoms with E-state index in [1.165, 1.54) is 0 Å². The molecular formula is C11H12ClN. The zero-order valence-electron chi connectivity index (χ0n) is 7.76. The number of halogens is 1. The summed E-state index contributed by atoms with van der Waals surface area (Å²) in [6, 6.07) is 5.65. The summed E-state index contributed by atoms with van der Waals surface area (Å²) >= 11 is 5.93. The van der Waals surface area contributed by atoms with Gasteiger partial charge in [-0.3, -0.25) is 0 Å². The lowest BCUT2D eigenvalue weighted by molar-refractivity contribution is 0.959. The van der Waals surface area contributed by atoms with Crippen molar-refractivity contribution in [2.24, 2.45) is 5.73 Å². The topological polar surface area (TPSA) is 26.0 Å². The lowest BCUT2D eigenvalue weighted by Gasteiger charge is -1.97. The maximum atomic E-state index is 5.93. The molecule has 0 bridgehead atoms. The molecule has 1 rings (SSSR count). The molecule has 0 saturated carbocycles. The Labute approximate surface area is 83.9 Å². The summed E-state index contributed by atoms with van der Waals surface area (Å²) in [5, 5.41) is 0.747. The minimum Gasteiger partial charge on any atom is -0.318 e. The number of benzene rings is 1. The Balaban J connectivity index is 2.94. The first-order valence-corrected chi connectivity index (χ1v) is 4.50. The zero-order chi connectivity index (χ0) is 9.84. The van der Waals surface area contributed by atoms with Crippen LogP contribution in [0.2, 0.25) is 5.02 Å². The lowest BCUT2D eigenvalue weighted by Crippen LogP contribution is -2.10. The smallest absolute Gasteiger partial charge is 0.0639 e. The Morgan fingerprint density at radius 1 is 1.46 bits per heavy atom. The molecule has 2 N–H and O–H groups in total. The number of nitrogens with two attached hydrogens (primary N) is 1. The second-order valence-corrected chi connectivity index (χ2v) is 3.43. The number of hydrogen-bond donors (Lipinski definition) is 1. The van der Waals surface area contributed by atoms with Crippen LogP contribution in [0.4, 0.5) is 0 Å². The van der Waals surface area contributed by atoms with Crippen LogP contribution in [0.5, 0.6) is 0 Å². The molecule has 0 aliphatic heterocycles. The molecule has 1 unspecified atom stereocenters. The van der Waals surface area contributed by atoms with Gasteiger partial charge in [-0.15, -0.1) is 0 Å². The van der Waals surface area contributed by atoms with E-state index in [1.54, 1.807) is 0 Å². The van der Waals surface area contributed by atoms with Gasteiger partial charge < -0.3 is 5.73 Å². The first kappa shape index (κ1) is 10.1. The molecule has 0 aliphatic carbocycles. The van der Waals surface area contributed by atoms with Gasteiger partial charge >= 0.3 is 0 Å². The Bertz CT molecular complexity index is 358. The maximum Gasteiger partial charge on any atom is 0.0639 e. The standard InChI is InChI=1S/C11H12ClN/c1-8-3-5-10(7-11(8)12)6-4-9(2)13/h3,5,7,9H,13H2,1-2H3. The van der Waals surface area contributed by atoms with Gasteiger partial charge in [0.1, 0.15) is 0 Å². The summed E-state index contributed by atoms with van der Waals surface area (Å²) in [7, 11) is 0. The average molecular weight is 194 g/mol. The highest BCUT2D eigenvalue weighted by atomic mass is 35.5. The predicted molar refractivity (Wildman–Crippen MR) is 56.7 cm³/mol. The predicted octanol–water partition coefficient (Wildman–Crippen LogP) is 2.35. The van der Waals surface area contributed by atoms with Gasteiger partial charge in [-0.05, 0) is 31.5 Å². The minimum atomic E-state index is -0.0971. The van der Waals surface area contributed by atoms with Crippen molar-refractivity contribution in [2.45, 2.75) is 19.9 Å². The van der Waals surface area contributed by atoms with E-state index in [0.717, 1.165) is 16.1 Å². The Kier molecular flexibility index (Phi) is 3.36. The summed E-state index contributed by atoms with van der Waals surface area (Å²) < 4.78 is 0. The van der Waals surface area contributed by atoms with Crippen LogP contribution in [0.3, 0.4) is 0 Å². The van der Waals surface area contributed by atoms with Crippen molar-refractivity contribution in [3.05, 3.63) is 34.3 Å². The monoisotopic (exact) mass is 193 g/mol. The third kappa shape index (κ3) is 3.10. The van der Waals surface area contributed by atoms with Crippen molar-refractivity contribution < 1.29 is 0 Å². The summed E-state index contributed by atoms with van der Waals surface area (Å²) in [5.41, 5.74) is 7.47. The van der Waals surface area contributed by atoms with E-state index in [-0.39, 0.29) is 6.04 Å². The van der Waals surface area contributed by atoms with Crippen LogP contribution in [0.15, 0.2) is 18.2 Å². The van der Waals surface area contributed by atoms with Gasteiger partial charge in [-0.2, -0.15) is 0 Å². The molecule has 1 aromatic carbocycles. The van der Waals surface area contributed by atoms with E-state index in [2.05, 4.69) is 11.8 Å². The number of aryl methyl sites for hydroxylation is 1. The van der Waals surface area contributed by atoms with Gasteiger partial charge in [-0.25, -0.2) is 0 Å². The molecule has 13 heavy (non-hydrogen) atoms. The van der Waals surface area contributed by atoms with Crippen molar-refractivity contribution in [3.8, 4) is 11.8 Å². The quantitative estimate of drug-likeness (QED) is 0.629. The Morgan fingerprint density at radius 3 is 2.69 bits per heavy atom. The van der Waals surface area contributed by atoms with Crippen LogP contribution in [0.1, 0.15) is 18.1 Å². The summed E-state index contributed by atoms with van der Waals surface area (Å²) in [6.45, 7) is 3.81. The molecule has 1 nitrogen and oxygen atoms in total. The van der Waals surface area contributed by atoms with Gasteiger partial charge in [0.15, 0.2) is 0 Å². The van der Waals surface area contributed by atoms with Crippen molar-refractivity contribution in [3.63, 3.8) is 0 Å². The highest BCUT2D eigenvalue weighted by Crippen LogP contribution is 2.15. The van der Waals surface area contributed by atoms with Crippen molar-refractivity contribution in [1.82, 2.24) is 0 Å². The Hall–Kier alpha value is -0.970. The molecule has 68 valence electrons. The molecule has 2 heteroatoms. The van der Waals surface area contributed by atoms with E-state index in [0.29, 0.717) is 0 Å². The maximum absolute atomic E-state index is 5.93. The van der Waals surface area contributed by atoms with Crippen LogP contribution in [-0.2, 0) is 0 Å². The second kappa shape index (κ2) is 4.32. The second-order valence-electron chi connectivity index (χ2n) is 3.02. The molecule has 0 aromatic heterocycles. The van der Waals surface area contributed by atoms with Crippen LogP contribution in [0, 0.1) is 18.8 Å². The third-order valence-electron chi connectivity index (χ3n) is 1.62. The molecular weight excluding hydrogens is 182 g/mol. The highest BCUT2D eigenvalue weighted by molar-refractivity contribution is 6.31. The van der Waals surface area contributed by atoms with Crippen LogP contribution < -0.4 is 5.73 Å². The Morgan fingerprint density at radius 2 is 2.15 bits per heavy atom. The average Bonchev–Trinajstić information content (AvgIpc) is 2.07. The normalized spacial score (nSPS) is 11.7. The third-order valence-corrected chi connectivity index (χ3v) is 2.02. The van der Waals surface area contributed by atoms with E-state index >= 15 is 0 Å². The van der Waals surface area contributed by atoms with E-state index < -0.39 is 0 Å². The fourth-order valence-electron chi connectivity index (χ4n) is 0.868. The summed E-state index contributed by atoms with van der Waals surface area (Å²) in [6.07, 6.45) is 0. The lowest BCUT2D eigenvalue weighted by atomic mass is 10.1. The molecule has 0 amide bonds. The van der Waals surface area contributed by atoms with E-state index in [1.807, 2.05) is 32.0 Å². The van der Waals surface area contributed by atoms with Crippen LogP contribution >= 0.6 is 11.6 Å². The molecule has 0 saturated heterocycles. The molecule has 0 fully saturated rings. The van der Waals surface area contributed by atoms with Gasteiger partial charge in [0.05, 0.1) is 6.04 Å². The van der Waals surface area contributed by atoms with Crippen molar-refractivity contribution in [2.75, 3.05) is 0 Å². The molecule has 0 aliphatic rings. The van der Waals surface area contributed by atoms with Gasteiger partial charge in [0.25, 0.3) is 0 Å². The SMILES string of the molecule is Cc1ccc(C#CC(C)N)cc1Cl. The fourth-order valence-corrected chi connectivity index (χ4v) is 1.05. The van der Waals surface area contributed by atoms with Crippen LogP contribution in [0.25, 0.3) is 0 Å². The van der Waals surface area contributed by atoms with Gasteiger partial charge in [0.2, 0.25) is 0 Å². The van der Waals surface area contributed by atoms with E-state index in [9.17, 15) is 0 Å². The molecule has 1 aromatic rings. The van der Waals surface area contributed by atoms with Gasteiger partial charge in [0, 0.05) is 10.6 Å². The molecule has 0 radical (unpaired) electrons. The van der Waals surface area contributed by atoms with Crippen molar-refractivity contribution >= 4 is 11.6 Å². The fraction of sp³-hybridized carbons (Fsp3) is 0.273. The van der Waals surface area contributed by atoms with E-state index in [4.69, 9.17) is 17.3 Å². The summed E-state index contributed by atoms with van der Waals surface area (Å²) in [5.74, 6) is 5.83. The van der Waals surface area contributed by atoms with Gasteiger partial charge in [-0.1, -0.05) is 29.5 Å². The first-order valence-electron chi connectivity index (χ1n) is 4.13. The van der Waals surface area contributed by atoms with Crippen LogP contribution in [-0.4, -0.2) is 6.04 Å². The van der Waals surface area contributed by atoms with Crippen molar-refractivity contribution in [1.29, 1.82) is 0 Å². The first-order chi connectivity index (χ1) is 6.09. The minimum absolute atomic E-state index is 0.0971. The number of rotatable bonds is 0.